The monoisotopic (exact) mass is 512 g/mol. The number of hydrogen-bond acceptors (Lipinski definition) is 6. The fourth-order valence-electron chi connectivity index (χ4n) is 4.77. The molecule has 4 aromatic rings. The van der Waals surface area contributed by atoms with Crippen LogP contribution in [0.3, 0.4) is 0 Å². The van der Waals surface area contributed by atoms with Crippen molar-refractivity contribution in [3.63, 3.8) is 0 Å². The predicted octanol–water partition coefficient (Wildman–Crippen LogP) is 6.04. The van der Waals surface area contributed by atoms with Crippen LogP contribution >= 0.6 is 0 Å². The van der Waals surface area contributed by atoms with Crippen LogP contribution in [0.5, 0.6) is 23.0 Å². The Morgan fingerprint density at radius 2 is 1.63 bits per heavy atom. The number of hydrogen-bond donors (Lipinski definition) is 2. The Bertz CT molecular complexity index is 1370. The van der Waals surface area contributed by atoms with Crippen LogP contribution in [-0.4, -0.2) is 43.3 Å². The van der Waals surface area contributed by atoms with Crippen LogP contribution in [-0.2, 0) is 6.42 Å². The first-order valence-electron chi connectivity index (χ1n) is 12.8. The second-order valence-corrected chi connectivity index (χ2v) is 9.35. The Hall–Kier alpha value is -4.30. The lowest BCUT2D eigenvalue weighted by atomic mass is 9.91. The van der Waals surface area contributed by atoms with Crippen LogP contribution in [0.4, 0.5) is 10.5 Å². The van der Waals surface area contributed by atoms with Gasteiger partial charge in [-0.05, 0) is 67.1 Å². The summed E-state index contributed by atoms with van der Waals surface area (Å²) in [5.74, 6) is 3.13. The molecule has 1 aromatic heterocycles. The summed E-state index contributed by atoms with van der Waals surface area (Å²) in [6.45, 7) is 1.68. The van der Waals surface area contributed by atoms with E-state index in [1.165, 1.54) is 5.56 Å². The minimum Gasteiger partial charge on any atom is -0.493 e. The third kappa shape index (κ3) is 6.15. The predicted molar refractivity (Wildman–Crippen MR) is 148 cm³/mol. The molecule has 3 aromatic carbocycles. The Labute approximate surface area is 222 Å². The van der Waals surface area contributed by atoms with Gasteiger partial charge < -0.3 is 19.5 Å². The molecule has 5 rings (SSSR count). The van der Waals surface area contributed by atoms with E-state index in [1.54, 1.807) is 26.5 Å². The molecule has 0 atom stereocenters. The van der Waals surface area contributed by atoms with Crippen molar-refractivity contribution < 1.29 is 19.0 Å². The first kappa shape index (κ1) is 25.4. The molecule has 2 amide bonds. The molecule has 1 saturated heterocycles. The number of amides is 2. The lowest BCUT2D eigenvalue weighted by Crippen LogP contribution is -2.48. The first-order chi connectivity index (χ1) is 18.6. The van der Waals surface area contributed by atoms with Crippen LogP contribution in [0, 0.1) is 5.92 Å². The van der Waals surface area contributed by atoms with Gasteiger partial charge in [0, 0.05) is 36.4 Å². The average Bonchev–Trinajstić information content (AvgIpc) is 2.95. The normalized spacial score (nSPS) is 14.2. The van der Waals surface area contributed by atoms with Gasteiger partial charge in [-0.15, -0.1) is 0 Å². The van der Waals surface area contributed by atoms with Crippen molar-refractivity contribution in [3.05, 3.63) is 84.6 Å². The number of fused-ring (bicyclic) bond motifs is 1. The number of benzene rings is 3. The van der Waals surface area contributed by atoms with E-state index in [0.717, 1.165) is 43.3 Å². The maximum atomic E-state index is 12.6. The Balaban J connectivity index is 1.14. The molecule has 2 heterocycles. The third-order valence-electron chi connectivity index (χ3n) is 6.79. The summed E-state index contributed by atoms with van der Waals surface area (Å²) in [5, 5.41) is 5.70. The number of anilines is 1. The van der Waals surface area contributed by atoms with Crippen molar-refractivity contribution in [2.75, 3.05) is 32.6 Å². The number of nitrogens with one attached hydrogen (secondary N) is 2. The van der Waals surface area contributed by atoms with Gasteiger partial charge in [0.2, 0.25) is 0 Å². The van der Waals surface area contributed by atoms with E-state index < -0.39 is 0 Å². The molecule has 8 nitrogen and oxygen atoms in total. The highest BCUT2D eigenvalue weighted by Gasteiger charge is 2.20. The summed E-state index contributed by atoms with van der Waals surface area (Å²) in [4.78, 5) is 17.0. The minimum atomic E-state index is -0.249. The number of rotatable bonds is 8. The maximum absolute atomic E-state index is 12.6. The molecule has 0 bridgehead atoms. The summed E-state index contributed by atoms with van der Waals surface area (Å²) in [6, 6.07) is 23.1. The van der Waals surface area contributed by atoms with Crippen molar-refractivity contribution >= 4 is 22.6 Å². The number of methoxy groups -OCH3 is 2. The van der Waals surface area contributed by atoms with Crippen LogP contribution in [0.1, 0.15) is 18.4 Å². The van der Waals surface area contributed by atoms with Gasteiger partial charge >= 0.3 is 6.03 Å². The molecule has 0 unspecified atom stereocenters. The van der Waals surface area contributed by atoms with Gasteiger partial charge in [-0.2, -0.15) is 0 Å². The number of ether oxygens (including phenoxy) is 3. The molecule has 1 aliphatic heterocycles. The molecular weight excluding hydrogens is 480 g/mol. The smallest absolute Gasteiger partial charge is 0.333 e. The van der Waals surface area contributed by atoms with Gasteiger partial charge in [0.1, 0.15) is 11.5 Å². The van der Waals surface area contributed by atoms with Crippen LogP contribution < -0.4 is 25.0 Å². The second kappa shape index (κ2) is 11.8. The van der Waals surface area contributed by atoms with E-state index in [0.29, 0.717) is 34.6 Å². The highest BCUT2D eigenvalue weighted by Crippen LogP contribution is 2.37. The number of hydrazine groups is 1. The lowest BCUT2D eigenvalue weighted by Gasteiger charge is -2.32. The molecule has 1 aliphatic rings. The van der Waals surface area contributed by atoms with E-state index >= 15 is 0 Å². The molecule has 0 saturated carbocycles. The molecule has 0 radical (unpaired) electrons. The summed E-state index contributed by atoms with van der Waals surface area (Å²) in [6.07, 6.45) is 4.90. The van der Waals surface area contributed by atoms with Crippen molar-refractivity contribution in [3.8, 4) is 23.0 Å². The highest BCUT2D eigenvalue weighted by atomic mass is 16.5. The van der Waals surface area contributed by atoms with E-state index in [9.17, 15) is 4.79 Å². The topological polar surface area (TPSA) is 85.0 Å². The van der Waals surface area contributed by atoms with Gasteiger partial charge in [0.15, 0.2) is 11.5 Å². The molecule has 0 aliphatic carbocycles. The fraction of sp³-hybridized carbons (Fsp3) is 0.267. The molecular formula is C30H32N4O4. The summed E-state index contributed by atoms with van der Waals surface area (Å²) in [5.41, 5.74) is 5.76. The number of carbonyl (C=O) groups excluding carboxylic acids is 1. The van der Waals surface area contributed by atoms with Crippen molar-refractivity contribution in [1.82, 2.24) is 15.4 Å². The number of urea groups is 1. The summed E-state index contributed by atoms with van der Waals surface area (Å²) < 4.78 is 16.9. The molecule has 1 fully saturated rings. The Morgan fingerprint density at radius 1 is 0.921 bits per heavy atom. The zero-order valence-corrected chi connectivity index (χ0v) is 21.6. The zero-order valence-electron chi connectivity index (χ0n) is 21.6. The molecule has 2 N–H and O–H groups in total. The van der Waals surface area contributed by atoms with Crippen molar-refractivity contribution in [2.24, 2.45) is 5.92 Å². The zero-order chi connectivity index (χ0) is 26.3. The molecule has 0 spiro atoms. The first-order valence-corrected chi connectivity index (χ1v) is 12.8. The maximum Gasteiger partial charge on any atom is 0.333 e. The lowest BCUT2D eigenvalue weighted by molar-refractivity contribution is 0.135. The SMILES string of the molecule is COc1cc2nccc(Oc3ccc(NC(=O)NN4CCC(Cc5ccccc5)CC4)cc3)c2cc1OC. The van der Waals surface area contributed by atoms with E-state index in [2.05, 4.69) is 40.0 Å². The largest absolute Gasteiger partial charge is 0.493 e. The summed E-state index contributed by atoms with van der Waals surface area (Å²) >= 11 is 0. The average molecular weight is 513 g/mol. The number of carbonyl (C=O) groups is 1. The van der Waals surface area contributed by atoms with Crippen LogP contribution in [0.2, 0.25) is 0 Å². The van der Waals surface area contributed by atoms with E-state index in [1.807, 2.05) is 47.5 Å². The molecule has 8 heteroatoms. The van der Waals surface area contributed by atoms with Crippen LogP contribution in [0.15, 0.2) is 79.0 Å². The summed E-state index contributed by atoms with van der Waals surface area (Å²) in [7, 11) is 3.19. The van der Waals surface area contributed by atoms with Gasteiger partial charge in [0.05, 0.1) is 19.7 Å². The van der Waals surface area contributed by atoms with Gasteiger partial charge in [-0.25, -0.2) is 9.80 Å². The number of nitrogens with zero attached hydrogens (tertiary/aromatic N) is 2. The number of piperidine rings is 1. The fourth-order valence-corrected chi connectivity index (χ4v) is 4.77. The number of pyridine rings is 1. The second-order valence-electron chi connectivity index (χ2n) is 9.35. The van der Waals surface area contributed by atoms with Gasteiger partial charge in [-0.3, -0.25) is 10.4 Å². The van der Waals surface area contributed by atoms with E-state index in [-0.39, 0.29) is 6.03 Å². The number of aromatic nitrogens is 1. The van der Waals surface area contributed by atoms with Crippen molar-refractivity contribution in [2.45, 2.75) is 19.3 Å². The Morgan fingerprint density at radius 3 is 2.34 bits per heavy atom. The highest BCUT2D eigenvalue weighted by molar-refractivity contribution is 5.89. The third-order valence-corrected chi connectivity index (χ3v) is 6.79. The standard InChI is InChI=1S/C30H32N4O4/c1-36-28-19-25-26(20-29(28)37-2)31-15-12-27(25)38-24-10-8-23(9-11-24)32-30(35)33-34-16-13-22(14-17-34)18-21-6-4-3-5-7-21/h3-12,15,19-20,22H,13-14,16-18H2,1-2H3,(H2,32,33,35). The van der Waals surface area contributed by atoms with Crippen molar-refractivity contribution in [1.29, 1.82) is 0 Å². The van der Waals surface area contributed by atoms with Gasteiger partial charge in [0.25, 0.3) is 0 Å². The molecule has 38 heavy (non-hydrogen) atoms. The Kier molecular flexibility index (Phi) is 7.89. The van der Waals surface area contributed by atoms with Gasteiger partial charge in [-0.1, -0.05) is 30.3 Å². The molecule has 196 valence electrons. The van der Waals surface area contributed by atoms with Crippen LogP contribution in [0.25, 0.3) is 10.9 Å². The minimum absolute atomic E-state index is 0.249. The van der Waals surface area contributed by atoms with E-state index in [4.69, 9.17) is 14.2 Å². The quantitative estimate of drug-likeness (QED) is 0.300.